The first-order valence-electron chi connectivity index (χ1n) is 15.6. The van der Waals surface area contributed by atoms with Gasteiger partial charge in [-0.25, -0.2) is 0 Å². The molecule has 0 aliphatic carbocycles. The minimum absolute atomic E-state index is 0.0269. The molecule has 48 heavy (non-hydrogen) atoms. The van der Waals surface area contributed by atoms with Crippen LogP contribution in [0.4, 0.5) is 0 Å². The largest absolute Gasteiger partial charge is 0.502 e. The second kappa shape index (κ2) is 15.9. The third-order valence-corrected chi connectivity index (χ3v) is 15.4. The summed E-state index contributed by atoms with van der Waals surface area (Å²) in [5, 5.41) is 18.0. The fourth-order valence-electron chi connectivity index (χ4n) is 6.02. The number of hydrogen-bond donors (Lipinski definition) is 1. The van der Waals surface area contributed by atoms with E-state index in [2.05, 4.69) is 91.0 Å². The highest BCUT2D eigenvalue weighted by atomic mass is 35.5. The van der Waals surface area contributed by atoms with Crippen molar-refractivity contribution < 1.29 is 9.52 Å². The number of rotatable bonds is 8. The lowest BCUT2D eigenvalue weighted by atomic mass is 10.3. The highest BCUT2D eigenvalue weighted by molar-refractivity contribution is 8.01. The summed E-state index contributed by atoms with van der Waals surface area (Å²) in [7, 11) is -3.55. The van der Waals surface area contributed by atoms with Gasteiger partial charge in [0.15, 0.2) is 18.3 Å². The quantitative estimate of drug-likeness (QED) is 0.140. The van der Waals surface area contributed by atoms with Crippen molar-refractivity contribution in [1.82, 2.24) is 0 Å². The maximum Gasteiger partial charge on any atom is 0.269 e. The van der Waals surface area contributed by atoms with E-state index in [0.29, 0.717) is 11.1 Å². The number of alkyl halides is 1. The minimum Gasteiger partial charge on any atom is -0.502 e. The van der Waals surface area contributed by atoms with E-state index in [9.17, 15) is 9.90 Å². The molecule has 0 aliphatic rings. The molecule has 236 valence electrons. The molecule has 1 N–H and O–H groups in total. The maximum absolute atomic E-state index is 13.4. The van der Waals surface area contributed by atoms with Gasteiger partial charge in [0.25, 0.3) is 5.43 Å². The van der Waals surface area contributed by atoms with Crippen LogP contribution in [0.2, 0.25) is 0 Å². The number of benzene rings is 6. The molecule has 0 spiro atoms. The maximum atomic E-state index is 13.4. The Hall–Kier alpha value is -4.78. The normalized spacial score (nSPS) is 11.0. The van der Waals surface area contributed by atoms with Gasteiger partial charge in [-0.1, -0.05) is 109 Å². The summed E-state index contributed by atoms with van der Waals surface area (Å²) in [4.78, 5) is 13.4. The van der Waals surface area contributed by atoms with Crippen LogP contribution < -0.4 is 42.6 Å². The molecule has 0 radical (unpaired) electrons. The summed E-state index contributed by atoms with van der Waals surface area (Å²) < 4.78 is 5.64. The Labute approximate surface area is 288 Å². The molecule has 1 heterocycles. The van der Waals surface area contributed by atoms with Gasteiger partial charge in [-0.2, -0.15) is 0 Å². The van der Waals surface area contributed by atoms with Crippen molar-refractivity contribution >= 4 is 63.9 Å². The molecule has 0 atom stereocenters. The van der Waals surface area contributed by atoms with E-state index in [0.717, 1.165) is 22.2 Å². The molecule has 6 heteroatoms. The van der Waals surface area contributed by atoms with Crippen molar-refractivity contribution in [1.29, 1.82) is 0 Å². The zero-order chi connectivity index (χ0) is 33.2. The first kappa shape index (κ1) is 33.1. The summed E-state index contributed by atoms with van der Waals surface area (Å²) >= 11 is 6.23. The van der Waals surface area contributed by atoms with Gasteiger partial charge in [-0.3, -0.25) is 4.79 Å². The van der Waals surface area contributed by atoms with E-state index in [1.165, 1.54) is 15.9 Å². The predicted molar refractivity (Wildman–Crippen MR) is 208 cm³/mol. The van der Waals surface area contributed by atoms with Gasteiger partial charge in [-0.15, -0.1) is 11.6 Å². The van der Waals surface area contributed by atoms with E-state index >= 15 is 0 Å². The molecule has 6 aromatic carbocycles. The van der Waals surface area contributed by atoms with Crippen LogP contribution in [-0.2, 0) is 5.88 Å². The Morgan fingerprint density at radius 3 is 1.15 bits per heavy atom. The lowest BCUT2D eigenvalue weighted by molar-refractivity contribution is 0.422. The monoisotopic (exact) mass is 684 g/mol. The highest BCUT2D eigenvalue weighted by Gasteiger charge is 2.52. The van der Waals surface area contributed by atoms with Gasteiger partial charge in [-0.05, 0) is 72.8 Å². The number of halogens is 1. The van der Waals surface area contributed by atoms with Crippen molar-refractivity contribution in [3.8, 4) is 5.75 Å². The molecule has 1 aromatic heterocycles. The van der Waals surface area contributed by atoms with Crippen LogP contribution in [0.3, 0.4) is 0 Å². The summed E-state index contributed by atoms with van der Waals surface area (Å²) in [5.74, 6) is -0.0144. The smallest absolute Gasteiger partial charge is 0.269 e. The van der Waals surface area contributed by atoms with E-state index < -0.39 is 26.4 Å². The molecule has 3 nitrogen and oxygen atoms in total. The van der Waals surface area contributed by atoms with Gasteiger partial charge in [0.2, 0.25) is 5.75 Å². The van der Waals surface area contributed by atoms with Gasteiger partial charge in [0.1, 0.15) is 38.1 Å². The third kappa shape index (κ3) is 6.91. The first-order chi connectivity index (χ1) is 23.6. The van der Waals surface area contributed by atoms with Crippen molar-refractivity contribution in [3.63, 3.8) is 0 Å². The molecule has 0 saturated heterocycles. The van der Waals surface area contributed by atoms with E-state index in [-0.39, 0.29) is 5.88 Å². The average molecular weight is 685 g/mol. The first-order valence-corrected chi connectivity index (χ1v) is 19.5. The van der Waals surface area contributed by atoms with Crippen molar-refractivity contribution in [2.75, 3.05) is 0 Å². The van der Waals surface area contributed by atoms with Crippen LogP contribution in [0.15, 0.2) is 197 Å². The van der Waals surface area contributed by atoms with E-state index in [1.54, 1.807) is 0 Å². The minimum atomic E-state index is -2.68. The van der Waals surface area contributed by atoms with Crippen molar-refractivity contribution in [3.05, 3.63) is 204 Å². The molecule has 0 aliphatic heterocycles. The lowest BCUT2D eigenvalue weighted by Crippen LogP contribution is -2.45. The summed E-state index contributed by atoms with van der Waals surface area (Å²) in [5.41, 5.74) is -0.447. The second-order valence-electron chi connectivity index (χ2n) is 11.0. The lowest BCUT2D eigenvalue weighted by Gasteiger charge is -2.27. The Morgan fingerprint density at radius 2 is 0.833 bits per heavy atom. The summed E-state index contributed by atoms with van der Waals surface area (Å²) in [6.45, 7) is 0. The second-order valence-corrected chi connectivity index (χ2v) is 17.1. The Kier molecular flexibility index (Phi) is 11.0. The third-order valence-electron chi connectivity index (χ3n) is 8.10. The molecule has 0 unspecified atom stereocenters. The van der Waals surface area contributed by atoms with Gasteiger partial charge in [0.05, 0.1) is 13.8 Å². The summed E-state index contributed by atoms with van der Waals surface area (Å²) in [6, 6.07) is 62.2. The van der Waals surface area contributed by atoms with Crippen LogP contribution in [0.5, 0.6) is 5.75 Å². The van der Waals surface area contributed by atoms with Gasteiger partial charge in [0, 0.05) is 0 Å². The van der Waals surface area contributed by atoms with Crippen molar-refractivity contribution in [2.45, 2.75) is 5.88 Å². The van der Waals surface area contributed by atoms with Crippen LogP contribution in [0.25, 0.3) is 0 Å². The Morgan fingerprint density at radius 1 is 0.521 bits per heavy atom. The van der Waals surface area contributed by atoms with Gasteiger partial charge >= 0.3 is 0 Å². The van der Waals surface area contributed by atoms with Gasteiger partial charge < -0.3 is 9.52 Å². The molecule has 0 amide bonds. The average Bonchev–Trinajstić information content (AvgIpc) is 3.17. The van der Waals surface area contributed by atoms with Crippen molar-refractivity contribution in [2.24, 2.45) is 0 Å². The van der Waals surface area contributed by atoms with Crippen LogP contribution in [0, 0.1) is 0 Å². The number of aromatic hydroxyl groups is 1. The SMILES string of the molecule is O=c1c(O)coc(CCl)c1[P+](c1ccccc1)(c1ccccc1)c1ccccc1.c1ccc([PH+](c2ccccc2)c2ccccc2)cc1. The molecule has 0 bridgehead atoms. The standard InChI is InChI=1S/C24H18ClO3P.C18H15P/c25-16-22-24(23(27)21(26)17-28-22)29(18-10-4-1-5-11-18,19-12-6-2-7-13-19)20-14-8-3-9-15-20;1-4-10-16(11-5-1)19(17-12-6-2-7-13-17)18-14-8-3-9-15-18/h1-15,17H,16H2;1-15H/p+2. The molecular formula is C42H35ClO3P2+2. The highest BCUT2D eigenvalue weighted by Crippen LogP contribution is 2.54. The van der Waals surface area contributed by atoms with Crippen LogP contribution in [0.1, 0.15) is 5.76 Å². The molecule has 7 aromatic rings. The fraction of sp³-hybridized carbons (Fsp3) is 0.0238. The fourth-order valence-corrected chi connectivity index (χ4v) is 13.3. The zero-order valence-electron chi connectivity index (χ0n) is 26.2. The Balaban J connectivity index is 0.000000182. The molecule has 7 rings (SSSR count). The van der Waals surface area contributed by atoms with Crippen LogP contribution >= 0.6 is 26.8 Å². The topological polar surface area (TPSA) is 50.4 Å². The molecular weight excluding hydrogens is 650 g/mol. The molecule has 0 fully saturated rings. The zero-order valence-corrected chi connectivity index (χ0v) is 28.8. The Bertz CT molecular complexity index is 1890. The summed E-state index contributed by atoms with van der Waals surface area (Å²) in [6.07, 6.45) is 1.07. The van der Waals surface area contributed by atoms with Crippen LogP contribution in [-0.4, -0.2) is 5.11 Å². The van der Waals surface area contributed by atoms with E-state index in [4.69, 9.17) is 16.0 Å². The number of hydrogen-bond acceptors (Lipinski definition) is 3. The van der Waals surface area contributed by atoms with E-state index in [1.807, 2.05) is 91.0 Å². The molecule has 0 saturated carbocycles. The predicted octanol–water partition coefficient (Wildman–Crippen LogP) is 6.88.